The number of nitrogens with one attached hydrogen (secondary N) is 2. The van der Waals surface area contributed by atoms with Gasteiger partial charge in [-0.3, -0.25) is 20.6 Å². The summed E-state index contributed by atoms with van der Waals surface area (Å²) in [5.74, 6) is 0. The Hall–Kier alpha value is -3.82. The summed E-state index contributed by atoms with van der Waals surface area (Å²) < 4.78 is 0. The van der Waals surface area contributed by atoms with Crippen LogP contribution in [0.1, 0.15) is 23.2 Å². The predicted molar refractivity (Wildman–Crippen MR) is 88.1 cm³/mol. The van der Waals surface area contributed by atoms with Crippen LogP contribution in [0.15, 0.2) is 49.1 Å². The molecule has 0 aromatic carbocycles. The third-order valence-electron chi connectivity index (χ3n) is 4.35. The number of pyridine rings is 2. The van der Waals surface area contributed by atoms with Crippen LogP contribution in [0.3, 0.4) is 0 Å². The van der Waals surface area contributed by atoms with E-state index in [-0.39, 0.29) is 0 Å². The number of aromatic nitrogens is 2. The molecular weight excluding hydrogens is 328 g/mol. The van der Waals surface area contributed by atoms with Crippen molar-refractivity contribution < 1.29 is 0 Å². The van der Waals surface area contributed by atoms with Gasteiger partial charge in [-0.25, -0.2) is 0 Å². The van der Waals surface area contributed by atoms with Crippen LogP contribution in [0, 0.1) is 45.3 Å². The molecule has 8 heteroatoms. The smallest absolute Gasteiger partial charge is 0.214 e. The Morgan fingerprint density at radius 3 is 1.38 bits per heavy atom. The molecule has 0 radical (unpaired) electrons. The van der Waals surface area contributed by atoms with E-state index >= 15 is 0 Å². The molecule has 1 fully saturated rings. The van der Waals surface area contributed by atoms with E-state index in [1.54, 1.807) is 36.7 Å². The number of rotatable bonds is 2. The van der Waals surface area contributed by atoms with Crippen molar-refractivity contribution in [2.75, 3.05) is 0 Å². The van der Waals surface area contributed by atoms with Crippen molar-refractivity contribution in [2.45, 2.75) is 23.2 Å². The monoisotopic (exact) mass is 340 g/mol. The average molecular weight is 340 g/mol. The number of hydrogen-bond acceptors (Lipinski definition) is 8. The SMILES string of the molecule is N#CC1(C#N)N[C@@H](c2cccnc2)C(C#N)(C#N)N[C@@H]1c1cccnc1. The second kappa shape index (κ2) is 6.59. The van der Waals surface area contributed by atoms with Gasteiger partial charge in [0.15, 0.2) is 0 Å². The van der Waals surface area contributed by atoms with Crippen LogP contribution in [0.4, 0.5) is 0 Å². The molecule has 2 N–H and O–H groups in total. The van der Waals surface area contributed by atoms with Crippen molar-refractivity contribution in [2.24, 2.45) is 0 Å². The quantitative estimate of drug-likeness (QED) is 0.824. The Labute approximate surface area is 150 Å². The maximum absolute atomic E-state index is 9.78. The Morgan fingerprint density at radius 1 is 0.731 bits per heavy atom. The van der Waals surface area contributed by atoms with Gasteiger partial charge in [-0.2, -0.15) is 21.0 Å². The van der Waals surface area contributed by atoms with Crippen molar-refractivity contribution >= 4 is 0 Å². The second-order valence-corrected chi connectivity index (χ2v) is 5.79. The minimum absolute atomic E-state index is 0.516. The molecule has 3 rings (SSSR count). The van der Waals surface area contributed by atoms with Crippen LogP contribution in [0.2, 0.25) is 0 Å². The van der Waals surface area contributed by atoms with E-state index in [0.717, 1.165) is 0 Å². The molecule has 2 aromatic rings. The zero-order chi connectivity index (χ0) is 18.6. The molecule has 26 heavy (non-hydrogen) atoms. The van der Waals surface area contributed by atoms with E-state index in [2.05, 4.69) is 20.6 Å². The minimum Gasteiger partial charge on any atom is -0.275 e. The summed E-state index contributed by atoms with van der Waals surface area (Å²) in [5.41, 5.74) is -2.38. The van der Waals surface area contributed by atoms with Crippen LogP contribution < -0.4 is 10.6 Å². The lowest BCUT2D eigenvalue weighted by Gasteiger charge is -2.46. The van der Waals surface area contributed by atoms with E-state index in [1.807, 2.05) is 24.3 Å². The number of nitrogens with zero attached hydrogens (tertiary/aromatic N) is 6. The maximum atomic E-state index is 9.78. The highest BCUT2D eigenvalue weighted by Gasteiger charge is 2.57. The van der Waals surface area contributed by atoms with Crippen LogP contribution in [0.25, 0.3) is 0 Å². The van der Waals surface area contributed by atoms with Gasteiger partial charge in [0.25, 0.3) is 0 Å². The standard InChI is InChI=1S/C18H12N8/c19-9-17(10-20)15(13-3-1-5-23-7-13)25-18(11-21,12-22)16(26-17)14-4-2-6-24-8-14/h1-8,15-16,25-26H/t15-,16+. The Morgan fingerprint density at radius 2 is 1.12 bits per heavy atom. The third kappa shape index (κ3) is 2.53. The van der Waals surface area contributed by atoms with Gasteiger partial charge >= 0.3 is 0 Å². The van der Waals surface area contributed by atoms with Crippen molar-refractivity contribution in [3.63, 3.8) is 0 Å². The number of piperazine rings is 1. The van der Waals surface area contributed by atoms with Crippen molar-refractivity contribution in [3.8, 4) is 24.3 Å². The molecule has 0 unspecified atom stereocenters. The fraction of sp³-hybridized carbons (Fsp3) is 0.222. The second-order valence-electron chi connectivity index (χ2n) is 5.79. The lowest BCUT2D eigenvalue weighted by molar-refractivity contribution is 0.188. The predicted octanol–water partition coefficient (Wildman–Crippen LogP) is 1.02. The van der Waals surface area contributed by atoms with Gasteiger partial charge in [-0.05, 0) is 23.3 Å². The summed E-state index contributed by atoms with van der Waals surface area (Å²) in [4.78, 5) is 8.02. The van der Waals surface area contributed by atoms with Crippen molar-refractivity contribution in [3.05, 3.63) is 60.2 Å². The number of nitriles is 4. The molecule has 0 bridgehead atoms. The largest absolute Gasteiger partial charge is 0.275 e. The summed E-state index contributed by atoms with van der Waals surface area (Å²) in [6.07, 6.45) is 6.10. The van der Waals surface area contributed by atoms with Gasteiger partial charge in [-0.15, -0.1) is 0 Å². The Balaban J connectivity index is 2.18. The molecule has 1 saturated heterocycles. The Bertz CT molecular complexity index is 849. The summed E-state index contributed by atoms with van der Waals surface area (Å²) in [6.45, 7) is 0. The highest BCUT2D eigenvalue weighted by molar-refractivity contribution is 5.45. The first kappa shape index (κ1) is 17.0. The van der Waals surface area contributed by atoms with Crippen LogP contribution in [0.5, 0.6) is 0 Å². The van der Waals surface area contributed by atoms with Crippen molar-refractivity contribution in [1.29, 1.82) is 21.0 Å². The van der Waals surface area contributed by atoms with Gasteiger partial charge in [0.2, 0.25) is 11.1 Å². The van der Waals surface area contributed by atoms with Crippen LogP contribution >= 0.6 is 0 Å². The highest BCUT2D eigenvalue weighted by Crippen LogP contribution is 2.39. The lowest BCUT2D eigenvalue weighted by Crippen LogP contribution is -2.69. The molecule has 0 aliphatic carbocycles. The first-order chi connectivity index (χ1) is 12.6. The summed E-state index contributed by atoms with van der Waals surface area (Å²) in [7, 11) is 0. The number of hydrogen-bond donors (Lipinski definition) is 2. The third-order valence-corrected chi connectivity index (χ3v) is 4.35. The van der Waals surface area contributed by atoms with Crippen LogP contribution in [-0.4, -0.2) is 21.0 Å². The van der Waals surface area contributed by atoms with Gasteiger partial charge in [0, 0.05) is 24.8 Å². The van der Waals surface area contributed by atoms with Gasteiger partial charge in [-0.1, -0.05) is 12.1 Å². The van der Waals surface area contributed by atoms with E-state index in [1.165, 1.54) is 12.4 Å². The van der Waals surface area contributed by atoms with E-state index < -0.39 is 23.2 Å². The average Bonchev–Trinajstić information content (AvgIpc) is 2.74. The van der Waals surface area contributed by atoms with E-state index in [9.17, 15) is 21.0 Å². The fourth-order valence-electron chi connectivity index (χ4n) is 3.04. The summed E-state index contributed by atoms with van der Waals surface area (Å²) in [5, 5.41) is 45.0. The lowest BCUT2D eigenvalue weighted by atomic mass is 9.76. The highest BCUT2D eigenvalue weighted by atomic mass is 15.2. The Kier molecular flexibility index (Phi) is 4.31. The molecule has 8 nitrogen and oxygen atoms in total. The molecule has 124 valence electrons. The molecule has 1 aliphatic rings. The van der Waals surface area contributed by atoms with E-state index in [0.29, 0.717) is 11.1 Å². The molecule has 3 heterocycles. The normalized spacial score (nSPS) is 22.8. The minimum atomic E-state index is -1.71. The zero-order valence-electron chi connectivity index (χ0n) is 13.5. The molecular formula is C18H12N8. The van der Waals surface area contributed by atoms with E-state index in [4.69, 9.17) is 0 Å². The topological polar surface area (TPSA) is 145 Å². The summed E-state index contributed by atoms with van der Waals surface area (Å²) >= 11 is 0. The molecule has 2 atom stereocenters. The molecule has 2 aromatic heterocycles. The van der Waals surface area contributed by atoms with Gasteiger partial charge in [0.05, 0.1) is 12.1 Å². The van der Waals surface area contributed by atoms with Gasteiger partial charge in [0.1, 0.15) is 24.3 Å². The molecule has 0 amide bonds. The molecule has 1 aliphatic heterocycles. The van der Waals surface area contributed by atoms with Crippen molar-refractivity contribution in [1.82, 2.24) is 20.6 Å². The maximum Gasteiger partial charge on any atom is 0.214 e. The first-order valence-electron chi connectivity index (χ1n) is 7.65. The molecule has 0 saturated carbocycles. The van der Waals surface area contributed by atoms with Gasteiger partial charge < -0.3 is 0 Å². The fourth-order valence-corrected chi connectivity index (χ4v) is 3.04. The molecule has 0 spiro atoms. The summed E-state index contributed by atoms with van der Waals surface area (Å²) in [6, 6.07) is 12.8. The zero-order valence-corrected chi connectivity index (χ0v) is 13.5. The van der Waals surface area contributed by atoms with Crippen LogP contribution in [-0.2, 0) is 0 Å². The first-order valence-corrected chi connectivity index (χ1v) is 7.65.